The summed E-state index contributed by atoms with van der Waals surface area (Å²) in [4.78, 5) is 22.7. The van der Waals surface area contributed by atoms with Crippen LogP contribution in [0.4, 0.5) is 0 Å². The number of ether oxygens (including phenoxy) is 1. The van der Waals surface area contributed by atoms with Gasteiger partial charge in [-0.05, 0) is 49.1 Å². The molecule has 0 unspecified atom stereocenters. The van der Waals surface area contributed by atoms with Crippen LogP contribution in [0.2, 0.25) is 5.02 Å². The van der Waals surface area contributed by atoms with Gasteiger partial charge in [-0.1, -0.05) is 29.8 Å². The van der Waals surface area contributed by atoms with Gasteiger partial charge in [-0.15, -0.1) is 0 Å². The standard InChI is InChI=1S/C23H28ClN3O2/c24-20-7-5-19(6-8-20)23(9-16-29-17-10-23)22(28)27-13-3-12-26(14-15-27)18-21-4-1-2-11-25-21/h1-2,4-8,11H,3,9-10,12-18H2. The maximum Gasteiger partial charge on any atom is 0.233 e. The molecule has 0 spiro atoms. The van der Waals surface area contributed by atoms with Crippen molar-refractivity contribution in [3.63, 3.8) is 0 Å². The van der Waals surface area contributed by atoms with Gasteiger partial charge in [0.15, 0.2) is 0 Å². The molecule has 3 heterocycles. The van der Waals surface area contributed by atoms with Crippen LogP contribution in [-0.2, 0) is 21.5 Å². The van der Waals surface area contributed by atoms with Crippen molar-refractivity contribution in [2.24, 2.45) is 0 Å². The summed E-state index contributed by atoms with van der Waals surface area (Å²) in [6.45, 7) is 5.48. The number of nitrogens with zero attached hydrogens (tertiary/aromatic N) is 3. The molecule has 29 heavy (non-hydrogen) atoms. The van der Waals surface area contributed by atoms with Crippen molar-refractivity contribution in [1.29, 1.82) is 0 Å². The molecule has 1 aromatic carbocycles. The number of hydrogen-bond acceptors (Lipinski definition) is 4. The molecule has 0 saturated carbocycles. The molecule has 0 N–H and O–H groups in total. The van der Waals surface area contributed by atoms with Crippen LogP contribution >= 0.6 is 11.6 Å². The summed E-state index contributed by atoms with van der Waals surface area (Å²) in [5.41, 5.74) is 1.64. The third kappa shape index (κ3) is 4.63. The monoisotopic (exact) mass is 413 g/mol. The van der Waals surface area contributed by atoms with Gasteiger partial charge < -0.3 is 9.64 Å². The second-order valence-corrected chi connectivity index (χ2v) is 8.38. The van der Waals surface area contributed by atoms with E-state index in [0.717, 1.165) is 63.2 Å². The highest BCUT2D eigenvalue weighted by atomic mass is 35.5. The maximum atomic E-state index is 13.8. The summed E-state index contributed by atoms with van der Waals surface area (Å²) in [5.74, 6) is 0.239. The van der Waals surface area contributed by atoms with Crippen molar-refractivity contribution >= 4 is 17.5 Å². The van der Waals surface area contributed by atoms with Crippen LogP contribution in [0, 0.1) is 0 Å². The summed E-state index contributed by atoms with van der Waals surface area (Å²) < 4.78 is 5.60. The second kappa shape index (κ2) is 9.24. The Morgan fingerprint density at radius 2 is 1.83 bits per heavy atom. The number of carbonyl (C=O) groups excluding carboxylic acids is 1. The predicted octanol–water partition coefficient (Wildman–Crippen LogP) is 3.52. The normalized spacial score (nSPS) is 20.2. The van der Waals surface area contributed by atoms with E-state index in [1.807, 2.05) is 42.6 Å². The van der Waals surface area contributed by atoms with Crippen LogP contribution in [0.1, 0.15) is 30.5 Å². The van der Waals surface area contributed by atoms with Gasteiger partial charge in [-0.3, -0.25) is 14.7 Å². The zero-order valence-electron chi connectivity index (χ0n) is 16.7. The Morgan fingerprint density at radius 3 is 2.55 bits per heavy atom. The van der Waals surface area contributed by atoms with Crippen LogP contribution in [0.25, 0.3) is 0 Å². The number of pyridine rings is 1. The molecule has 0 atom stereocenters. The Bertz CT molecular complexity index is 807. The lowest BCUT2D eigenvalue weighted by Gasteiger charge is -2.40. The summed E-state index contributed by atoms with van der Waals surface area (Å²) in [6.07, 6.45) is 4.26. The minimum absolute atomic E-state index is 0.239. The first-order valence-electron chi connectivity index (χ1n) is 10.4. The SMILES string of the molecule is O=C(N1CCCN(Cc2ccccn2)CC1)C1(c2ccc(Cl)cc2)CCOCC1. The van der Waals surface area contributed by atoms with E-state index < -0.39 is 5.41 Å². The van der Waals surface area contributed by atoms with E-state index in [0.29, 0.717) is 18.2 Å². The quantitative estimate of drug-likeness (QED) is 0.769. The fourth-order valence-electron chi connectivity index (χ4n) is 4.47. The molecule has 1 amide bonds. The highest BCUT2D eigenvalue weighted by molar-refractivity contribution is 6.30. The number of amides is 1. The zero-order chi connectivity index (χ0) is 20.1. The number of hydrogen-bond donors (Lipinski definition) is 0. The Labute approximate surface area is 177 Å². The van der Waals surface area contributed by atoms with Gasteiger partial charge in [0.2, 0.25) is 5.91 Å². The molecular weight excluding hydrogens is 386 g/mol. The van der Waals surface area contributed by atoms with Crippen LogP contribution in [0.15, 0.2) is 48.7 Å². The molecule has 1 aromatic heterocycles. The van der Waals surface area contributed by atoms with Crippen molar-refractivity contribution in [3.05, 3.63) is 64.9 Å². The number of halogens is 1. The Balaban J connectivity index is 1.48. The largest absolute Gasteiger partial charge is 0.381 e. The number of aromatic nitrogens is 1. The lowest BCUT2D eigenvalue weighted by Crippen LogP contribution is -2.50. The highest BCUT2D eigenvalue weighted by Gasteiger charge is 2.44. The van der Waals surface area contributed by atoms with Gasteiger partial charge in [-0.2, -0.15) is 0 Å². The van der Waals surface area contributed by atoms with Crippen molar-refractivity contribution in [2.75, 3.05) is 39.4 Å². The maximum absolute atomic E-state index is 13.8. The van der Waals surface area contributed by atoms with Gasteiger partial charge in [-0.25, -0.2) is 0 Å². The number of benzene rings is 1. The third-order valence-corrected chi connectivity index (χ3v) is 6.39. The third-order valence-electron chi connectivity index (χ3n) is 6.14. The predicted molar refractivity (Wildman–Crippen MR) is 114 cm³/mol. The molecule has 0 bridgehead atoms. The number of rotatable bonds is 4. The molecule has 5 nitrogen and oxygen atoms in total. The molecule has 4 rings (SSSR count). The molecule has 2 aliphatic heterocycles. The van der Waals surface area contributed by atoms with E-state index in [1.165, 1.54) is 0 Å². The second-order valence-electron chi connectivity index (χ2n) is 7.94. The molecule has 6 heteroatoms. The van der Waals surface area contributed by atoms with Gasteiger partial charge in [0.05, 0.1) is 11.1 Å². The van der Waals surface area contributed by atoms with Gasteiger partial charge >= 0.3 is 0 Å². The van der Waals surface area contributed by atoms with Crippen molar-refractivity contribution in [3.8, 4) is 0 Å². The lowest BCUT2D eigenvalue weighted by molar-refractivity contribution is -0.141. The molecule has 2 aliphatic rings. The van der Waals surface area contributed by atoms with E-state index in [2.05, 4.69) is 20.9 Å². The fraction of sp³-hybridized carbons (Fsp3) is 0.478. The topological polar surface area (TPSA) is 45.7 Å². The van der Waals surface area contributed by atoms with E-state index in [1.54, 1.807) is 0 Å². The molecule has 2 aromatic rings. The van der Waals surface area contributed by atoms with Crippen LogP contribution < -0.4 is 0 Å². The number of carbonyl (C=O) groups is 1. The van der Waals surface area contributed by atoms with E-state index in [-0.39, 0.29) is 5.91 Å². The Morgan fingerprint density at radius 1 is 1.03 bits per heavy atom. The summed E-state index contributed by atoms with van der Waals surface area (Å²) in [5, 5.41) is 0.698. The molecule has 0 aliphatic carbocycles. The van der Waals surface area contributed by atoms with Crippen LogP contribution in [0.3, 0.4) is 0 Å². The van der Waals surface area contributed by atoms with Crippen LogP contribution in [-0.4, -0.2) is 60.1 Å². The highest BCUT2D eigenvalue weighted by Crippen LogP contribution is 2.37. The summed E-state index contributed by atoms with van der Waals surface area (Å²) in [6, 6.07) is 13.8. The molecule has 154 valence electrons. The summed E-state index contributed by atoms with van der Waals surface area (Å²) in [7, 11) is 0. The Hall–Kier alpha value is -1.95. The van der Waals surface area contributed by atoms with E-state index in [9.17, 15) is 4.79 Å². The van der Waals surface area contributed by atoms with Gasteiger partial charge in [0.25, 0.3) is 0 Å². The van der Waals surface area contributed by atoms with Gasteiger partial charge in [0.1, 0.15) is 0 Å². The zero-order valence-corrected chi connectivity index (χ0v) is 17.5. The fourth-order valence-corrected chi connectivity index (χ4v) is 4.60. The van der Waals surface area contributed by atoms with E-state index in [4.69, 9.17) is 16.3 Å². The average Bonchev–Trinajstić information content (AvgIpc) is 3.00. The smallest absolute Gasteiger partial charge is 0.233 e. The molecule has 2 fully saturated rings. The minimum Gasteiger partial charge on any atom is -0.381 e. The Kier molecular flexibility index (Phi) is 6.48. The first-order chi connectivity index (χ1) is 14.2. The molecule has 0 radical (unpaired) electrons. The van der Waals surface area contributed by atoms with Gasteiger partial charge in [0, 0.05) is 57.2 Å². The van der Waals surface area contributed by atoms with Crippen LogP contribution in [0.5, 0.6) is 0 Å². The first-order valence-corrected chi connectivity index (χ1v) is 10.8. The van der Waals surface area contributed by atoms with Crippen molar-refractivity contribution < 1.29 is 9.53 Å². The van der Waals surface area contributed by atoms with Crippen molar-refractivity contribution in [1.82, 2.24) is 14.8 Å². The average molecular weight is 414 g/mol. The van der Waals surface area contributed by atoms with Crippen molar-refractivity contribution in [2.45, 2.75) is 31.2 Å². The molecular formula is C23H28ClN3O2. The molecule has 2 saturated heterocycles. The summed E-state index contributed by atoms with van der Waals surface area (Å²) >= 11 is 6.10. The van der Waals surface area contributed by atoms with E-state index >= 15 is 0 Å². The lowest BCUT2D eigenvalue weighted by atomic mass is 9.73. The minimum atomic E-state index is -0.501. The first kappa shape index (κ1) is 20.3.